The van der Waals surface area contributed by atoms with E-state index in [9.17, 15) is 13.6 Å². The maximum Gasteiger partial charge on any atom is 0.270 e. The molecule has 0 radical (unpaired) electrons. The van der Waals surface area contributed by atoms with Gasteiger partial charge in [0.05, 0.1) is 7.11 Å². The Morgan fingerprint density at radius 3 is 2.46 bits per heavy atom. The Morgan fingerprint density at radius 2 is 1.79 bits per heavy atom. The average molecular weight is 384 g/mol. The molecule has 1 aromatic heterocycles. The number of carbonyl (C=O) groups excluding carboxylic acids is 1. The van der Waals surface area contributed by atoms with Gasteiger partial charge >= 0.3 is 0 Å². The molecule has 0 fully saturated rings. The van der Waals surface area contributed by atoms with Crippen LogP contribution in [-0.4, -0.2) is 23.0 Å². The molecule has 0 atom stereocenters. The lowest BCUT2D eigenvalue weighted by Gasteiger charge is -2.10. The molecule has 0 spiro atoms. The predicted molar refractivity (Wildman–Crippen MR) is 101 cm³/mol. The van der Waals surface area contributed by atoms with Crippen molar-refractivity contribution in [1.29, 1.82) is 0 Å². The molecule has 0 bridgehead atoms. The maximum atomic E-state index is 13.4. The fraction of sp³-hybridized carbons (Fsp3) is 0.150. The van der Waals surface area contributed by atoms with Crippen LogP contribution in [0.3, 0.4) is 0 Å². The highest BCUT2D eigenvalue weighted by Crippen LogP contribution is 2.18. The highest BCUT2D eigenvalue weighted by molar-refractivity contribution is 5.93. The van der Waals surface area contributed by atoms with E-state index in [1.807, 2.05) is 12.1 Å². The minimum absolute atomic E-state index is 0.158. The molecule has 0 aliphatic heterocycles. The summed E-state index contributed by atoms with van der Waals surface area (Å²) in [7, 11) is 1.58. The third kappa shape index (κ3) is 4.79. The number of hydrogen-bond donors (Lipinski definition) is 2. The highest BCUT2D eigenvalue weighted by Gasteiger charge is 2.11. The van der Waals surface area contributed by atoms with E-state index in [1.165, 1.54) is 12.1 Å². The predicted octanol–water partition coefficient (Wildman–Crippen LogP) is 3.75. The van der Waals surface area contributed by atoms with Crippen LogP contribution >= 0.6 is 0 Å². The molecular weight excluding hydrogens is 366 g/mol. The number of hydrogen-bond acceptors (Lipinski definition) is 5. The van der Waals surface area contributed by atoms with E-state index in [0.717, 1.165) is 23.4 Å². The summed E-state index contributed by atoms with van der Waals surface area (Å²) in [5.41, 5.74) is 1.37. The summed E-state index contributed by atoms with van der Waals surface area (Å²) in [6.07, 6.45) is 0. The third-order valence-electron chi connectivity index (χ3n) is 3.87. The van der Waals surface area contributed by atoms with Crippen molar-refractivity contribution in [2.45, 2.75) is 13.5 Å². The van der Waals surface area contributed by atoms with E-state index in [4.69, 9.17) is 4.74 Å². The first-order valence-electron chi connectivity index (χ1n) is 8.43. The summed E-state index contributed by atoms with van der Waals surface area (Å²) in [6, 6.07) is 12.1. The maximum absolute atomic E-state index is 13.4. The van der Waals surface area contributed by atoms with E-state index in [1.54, 1.807) is 26.2 Å². The Bertz CT molecular complexity index is 994. The number of nitrogens with one attached hydrogen (secondary N) is 2. The van der Waals surface area contributed by atoms with Gasteiger partial charge in [-0.05, 0) is 36.8 Å². The van der Waals surface area contributed by atoms with E-state index >= 15 is 0 Å². The van der Waals surface area contributed by atoms with Crippen molar-refractivity contribution in [1.82, 2.24) is 15.3 Å². The average Bonchev–Trinajstić information content (AvgIpc) is 2.69. The number of methoxy groups -OCH3 is 1. The third-order valence-corrected chi connectivity index (χ3v) is 3.87. The summed E-state index contributed by atoms with van der Waals surface area (Å²) < 4.78 is 31.5. The van der Waals surface area contributed by atoms with Gasteiger partial charge in [-0.2, -0.15) is 0 Å². The van der Waals surface area contributed by atoms with Gasteiger partial charge in [0.2, 0.25) is 0 Å². The number of rotatable bonds is 6. The Morgan fingerprint density at radius 1 is 1.04 bits per heavy atom. The Hall–Kier alpha value is -3.55. The highest BCUT2D eigenvalue weighted by atomic mass is 19.2. The normalized spacial score (nSPS) is 10.4. The van der Waals surface area contributed by atoms with Gasteiger partial charge in [0.1, 0.15) is 23.1 Å². The van der Waals surface area contributed by atoms with Gasteiger partial charge in [-0.15, -0.1) is 0 Å². The van der Waals surface area contributed by atoms with Crippen LogP contribution in [0.5, 0.6) is 5.75 Å². The zero-order valence-electron chi connectivity index (χ0n) is 15.3. The molecule has 2 N–H and O–H groups in total. The lowest BCUT2D eigenvalue weighted by atomic mass is 10.2. The molecule has 3 aromatic rings. The van der Waals surface area contributed by atoms with Crippen LogP contribution in [0.25, 0.3) is 0 Å². The number of carbonyl (C=O) groups is 1. The van der Waals surface area contributed by atoms with Gasteiger partial charge in [0.15, 0.2) is 11.6 Å². The second-order valence-electron chi connectivity index (χ2n) is 5.97. The van der Waals surface area contributed by atoms with Crippen LogP contribution in [-0.2, 0) is 6.54 Å². The van der Waals surface area contributed by atoms with Crippen molar-refractivity contribution in [3.63, 3.8) is 0 Å². The zero-order chi connectivity index (χ0) is 20.1. The number of amides is 1. The van der Waals surface area contributed by atoms with E-state index < -0.39 is 11.6 Å². The molecule has 8 heteroatoms. The van der Waals surface area contributed by atoms with E-state index in [0.29, 0.717) is 23.9 Å². The van der Waals surface area contributed by atoms with Crippen molar-refractivity contribution in [2.75, 3.05) is 12.4 Å². The van der Waals surface area contributed by atoms with Crippen molar-refractivity contribution in [3.05, 3.63) is 77.2 Å². The van der Waals surface area contributed by atoms with Crippen LogP contribution in [0.1, 0.15) is 21.9 Å². The van der Waals surface area contributed by atoms with Crippen molar-refractivity contribution in [2.24, 2.45) is 0 Å². The number of halogens is 2. The molecule has 1 heterocycles. The second-order valence-corrected chi connectivity index (χ2v) is 5.97. The fourth-order valence-electron chi connectivity index (χ4n) is 2.49. The van der Waals surface area contributed by atoms with Gasteiger partial charge < -0.3 is 15.4 Å². The smallest absolute Gasteiger partial charge is 0.270 e. The van der Waals surface area contributed by atoms with Gasteiger partial charge in [0.25, 0.3) is 5.91 Å². The lowest BCUT2D eigenvalue weighted by molar-refractivity contribution is 0.0945. The number of benzene rings is 2. The Labute approximate surface area is 160 Å². The van der Waals surface area contributed by atoms with Gasteiger partial charge in [0, 0.05) is 24.4 Å². The largest absolute Gasteiger partial charge is 0.497 e. The summed E-state index contributed by atoms with van der Waals surface area (Å²) in [6.45, 7) is 1.95. The first-order chi connectivity index (χ1) is 13.4. The van der Waals surface area contributed by atoms with Crippen molar-refractivity contribution >= 4 is 17.4 Å². The van der Waals surface area contributed by atoms with Gasteiger partial charge in [-0.25, -0.2) is 18.7 Å². The van der Waals surface area contributed by atoms with Gasteiger partial charge in [-0.1, -0.05) is 12.1 Å². The molecule has 28 heavy (non-hydrogen) atoms. The molecule has 6 nitrogen and oxygen atoms in total. The summed E-state index contributed by atoms with van der Waals surface area (Å²) in [5, 5.41) is 5.62. The van der Waals surface area contributed by atoms with E-state index in [-0.39, 0.29) is 11.6 Å². The van der Waals surface area contributed by atoms with Crippen LogP contribution < -0.4 is 15.4 Å². The molecular formula is C20H18F2N4O2. The number of anilines is 2. The van der Waals surface area contributed by atoms with Crippen molar-refractivity contribution in [3.8, 4) is 5.75 Å². The molecule has 0 aliphatic rings. The standard InChI is InChI=1S/C20H18F2N4O2/c1-12-24-18(20(27)23-11-13-3-6-15(28-2)7-4-13)10-19(25-12)26-14-5-8-16(21)17(22)9-14/h3-10H,11H2,1-2H3,(H,23,27)(H,24,25,26). The van der Waals surface area contributed by atoms with Crippen molar-refractivity contribution < 1.29 is 18.3 Å². The number of aromatic nitrogens is 2. The molecule has 0 saturated carbocycles. The van der Waals surface area contributed by atoms with E-state index in [2.05, 4.69) is 20.6 Å². The SMILES string of the molecule is COc1ccc(CNC(=O)c2cc(Nc3ccc(F)c(F)c3)nc(C)n2)cc1. The molecule has 144 valence electrons. The first-order valence-corrected chi connectivity index (χ1v) is 8.43. The minimum atomic E-state index is -0.978. The van der Waals surface area contributed by atoms with Crippen LogP contribution in [0.4, 0.5) is 20.3 Å². The van der Waals surface area contributed by atoms with Crippen LogP contribution in [0.15, 0.2) is 48.5 Å². The quantitative estimate of drug-likeness (QED) is 0.677. The summed E-state index contributed by atoms with van der Waals surface area (Å²) in [5.74, 6) is -0.907. The van der Waals surface area contributed by atoms with Crippen LogP contribution in [0, 0.1) is 18.6 Å². The number of ether oxygens (including phenoxy) is 1. The lowest BCUT2D eigenvalue weighted by Crippen LogP contribution is -2.24. The molecule has 0 unspecified atom stereocenters. The Balaban J connectivity index is 1.70. The summed E-state index contributed by atoms with van der Waals surface area (Å²) >= 11 is 0. The number of aryl methyl sites for hydroxylation is 1. The second kappa shape index (κ2) is 8.43. The van der Waals surface area contributed by atoms with Crippen LogP contribution in [0.2, 0.25) is 0 Å². The molecule has 1 amide bonds. The molecule has 0 saturated heterocycles. The molecule has 3 rings (SSSR count). The Kier molecular flexibility index (Phi) is 5.78. The summed E-state index contributed by atoms with van der Waals surface area (Å²) in [4.78, 5) is 20.7. The first kappa shape index (κ1) is 19.2. The minimum Gasteiger partial charge on any atom is -0.497 e. The topological polar surface area (TPSA) is 76.1 Å². The molecule has 2 aromatic carbocycles. The van der Waals surface area contributed by atoms with Gasteiger partial charge in [-0.3, -0.25) is 4.79 Å². The monoisotopic (exact) mass is 384 g/mol. The molecule has 0 aliphatic carbocycles. The zero-order valence-corrected chi connectivity index (χ0v) is 15.3. The number of nitrogens with zero attached hydrogens (tertiary/aromatic N) is 2. The fourth-order valence-corrected chi connectivity index (χ4v) is 2.49.